The third kappa shape index (κ3) is 2.19. The Labute approximate surface area is 124 Å². The molecule has 1 aromatic carbocycles. The molecule has 3 rings (SSSR count). The highest BCUT2D eigenvalue weighted by molar-refractivity contribution is 6.42. The van der Waals surface area contributed by atoms with Crippen LogP contribution in [0.4, 0.5) is 0 Å². The molecular formula is C15H19Cl2NO. The van der Waals surface area contributed by atoms with Crippen LogP contribution in [0.15, 0.2) is 18.2 Å². The lowest BCUT2D eigenvalue weighted by Gasteiger charge is -2.19. The lowest BCUT2D eigenvalue weighted by Crippen LogP contribution is -2.25. The minimum absolute atomic E-state index is 0.147. The third-order valence-corrected chi connectivity index (χ3v) is 5.44. The zero-order valence-corrected chi connectivity index (χ0v) is 12.6. The SMILES string of the molecule is CCOC[C@@]1(c2ccc(Cl)c(Cl)c2)C2CCNCC21. The summed E-state index contributed by atoms with van der Waals surface area (Å²) in [6.45, 7) is 5.79. The molecule has 0 aromatic heterocycles. The molecule has 1 aliphatic carbocycles. The first-order chi connectivity index (χ1) is 9.20. The molecular weight excluding hydrogens is 281 g/mol. The van der Waals surface area contributed by atoms with Crippen molar-refractivity contribution >= 4 is 23.2 Å². The fraction of sp³-hybridized carbons (Fsp3) is 0.600. The van der Waals surface area contributed by atoms with Gasteiger partial charge in [0.1, 0.15) is 0 Å². The number of benzene rings is 1. The van der Waals surface area contributed by atoms with Crippen molar-refractivity contribution in [1.82, 2.24) is 5.32 Å². The van der Waals surface area contributed by atoms with E-state index in [0.29, 0.717) is 16.0 Å². The Morgan fingerprint density at radius 3 is 2.79 bits per heavy atom. The van der Waals surface area contributed by atoms with Crippen molar-refractivity contribution in [3.8, 4) is 0 Å². The Balaban J connectivity index is 1.93. The third-order valence-electron chi connectivity index (χ3n) is 4.70. The quantitative estimate of drug-likeness (QED) is 0.919. The highest BCUT2D eigenvalue weighted by Gasteiger charge is 2.65. The van der Waals surface area contributed by atoms with E-state index in [-0.39, 0.29) is 5.41 Å². The number of hydrogen-bond donors (Lipinski definition) is 1. The van der Waals surface area contributed by atoms with Crippen molar-refractivity contribution in [2.75, 3.05) is 26.3 Å². The summed E-state index contributed by atoms with van der Waals surface area (Å²) >= 11 is 12.2. The molecule has 0 spiro atoms. The van der Waals surface area contributed by atoms with Crippen molar-refractivity contribution in [1.29, 1.82) is 0 Å². The van der Waals surface area contributed by atoms with E-state index in [9.17, 15) is 0 Å². The van der Waals surface area contributed by atoms with Gasteiger partial charge < -0.3 is 10.1 Å². The van der Waals surface area contributed by atoms with E-state index in [1.54, 1.807) is 0 Å². The fourth-order valence-corrected chi connectivity index (χ4v) is 3.98. The molecule has 1 N–H and O–H groups in total. The van der Waals surface area contributed by atoms with Gasteiger partial charge in [0.2, 0.25) is 0 Å². The van der Waals surface area contributed by atoms with Crippen molar-refractivity contribution in [2.24, 2.45) is 11.8 Å². The van der Waals surface area contributed by atoms with Gasteiger partial charge in [-0.1, -0.05) is 29.3 Å². The van der Waals surface area contributed by atoms with Crippen molar-refractivity contribution in [2.45, 2.75) is 18.8 Å². The Bertz CT molecular complexity index is 465. The maximum atomic E-state index is 6.19. The van der Waals surface area contributed by atoms with Crippen LogP contribution >= 0.6 is 23.2 Å². The van der Waals surface area contributed by atoms with Gasteiger partial charge in [-0.15, -0.1) is 0 Å². The molecule has 3 atom stereocenters. The molecule has 2 aliphatic rings. The summed E-state index contributed by atoms with van der Waals surface area (Å²) in [5, 5.41) is 4.76. The summed E-state index contributed by atoms with van der Waals surface area (Å²) in [6, 6.07) is 6.05. The number of fused-ring (bicyclic) bond motifs is 1. The smallest absolute Gasteiger partial charge is 0.0595 e. The molecule has 2 nitrogen and oxygen atoms in total. The average Bonchev–Trinajstić information content (AvgIpc) is 3.09. The molecule has 2 unspecified atom stereocenters. The Morgan fingerprint density at radius 2 is 2.16 bits per heavy atom. The first-order valence-electron chi connectivity index (χ1n) is 6.94. The summed E-state index contributed by atoms with van der Waals surface area (Å²) in [5.74, 6) is 1.39. The number of ether oxygens (including phenoxy) is 1. The molecule has 1 saturated carbocycles. The van der Waals surface area contributed by atoms with E-state index in [2.05, 4.69) is 11.4 Å². The van der Waals surface area contributed by atoms with Gasteiger partial charge in [-0.2, -0.15) is 0 Å². The second kappa shape index (κ2) is 5.25. The summed E-state index contributed by atoms with van der Waals surface area (Å²) in [6.07, 6.45) is 1.22. The second-order valence-corrected chi connectivity index (χ2v) is 6.33. The first kappa shape index (κ1) is 13.7. The largest absolute Gasteiger partial charge is 0.381 e. The monoisotopic (exact) mass is 299 g/mol. The predicted molar refractivity (Wildman–Crippen MR) is 79.1 cm³/mol. The number of nitrogens with one attached hydrogen (secondary N) is 1. The van der Waals surface area contributed by atoms with Gasteiger partial charge in [0.05, 0.1) is 16.7 Å². The molecule has 1 heterocycles. The first-order valence-corrected chi connectivity index (χ1v) is 7.69. The van der Waals surface area contributed by atoms with Gasteiger partial charge >= 0.3 is 0 Å². The van der Waals surface area contributed by atoms with Crippen molar-refractivity contribution in [3.63, 3.8) is 0 Å². The summed E-state index contributed by atoms with van der Waals surface area (Å²) in [7, 11) is 0. The van der Waals surface area contributed by atoms with Gasteiger partial charge in [-0.3, -0.25) is 0 Å². The number of piperidine rings is 1. The molecule has 1 aliphatic heterocycles. The Kier molecular flexibility index (Phi) is 3.78. The van der Waals surface area contributed by atoms with Crippen LogP contribution < -0.4 is 5.32 Å². The number of halogens is 2. The molecule has 0 bridgehead atoms. The minimum atomic E-state index is 0.147. The van der Waals surface area contributed by atoms with Gasteiger partial charge in [-0.05, 0) is 56.0 Å². The van der Waals surface area contributed by atoms with Crippen LogP contribution in [0, 0.1) is 11.8 Å². The van der Waals surface area contributed by atoms with Gasteiger partial charge in [0.25, 0.3) is 0 Å². The minimum Gasteiger partial charge on any atom is -0.381 e. The molecule has 0 radical (unpaired) electrons. The topological polar surface area (TPSA) is 21.3 Å². The van der Waals surface area contributed by atoms with E-state index in [1.165, 1.54) is 12.0 Å². The second-order valence-electron chi connectivity index (χ2n) is 5.51. The van der Waals surface area contributed by atoms with Gasteiger partial charge in [-0.25, -0.2) is 0 Å². The van der Waals surface area contributed by atoms with Crippen LogP contribution in [0.25, 0.3) is 0 Å². The van der Waals surface area contributed by atoms with Crippen molar-refractivity contribution in [3.05, 3.63) is 33.8 Å². The molecule has 1 aromatic rings. The van der Waals surface area contributed by atoms with Crippen LogP contribution in [0.3, 0.4) is 0 Å². The highest BCUT2D eigenvalue weighted by atomic mass is 35.5. The Morgan fingerprint density at radius 1 is 1.32 bits per heavy atom. The zero-order valence-electron chi connectivity index (χ0n) is 11.1. The van der Waals surface area contributed by atoms with Crippen LogP contribution in [0.1, 0.15) is 18.9 Å². The normalized spacial score (nSPS) is 33.0. The standard InChI is InChI=1S/C15H19Cl2NO/c1-2-19-9-15(11-5-6-18-8-12(11)15)10-3-4-13(16)14(17)7-10/h3-4,7,11-12,18H,2,5-6,8-9H2,1H3/t11?,12?,15-/m1/s1. The van der Waals surface area contributed by atoms with Crippen molar-refractivity contribution < 1.29 is 4.74 Å². The molecule has 1 saturated heterocycles. The number of hydrogen-bond acceptors (Lipinski definition) is 2. The molecule has 19 heavy (non-hydrogen) atoms. The average molecular weight is 300 g/mol. The van der Waals surface area contributed by atoms with Gasteiger partial charge in [0.15, 0.2) is 0 Å². The summed E-state index contributed by atoms with van der Waals surface area (Å²) < 4.78 is 5.77. The van der Waals surface area contributed by atoms with Crippen LogP contribution in [-0.2, 0) is 10.2 Å². The van der Waals surface area contributed by atoms with Crippen LogP contribution in [0.2, 0.25) is 10.0 Å². The molecule has 4 heteroatoms. The maximum Gasteiger partial charge on any atom is 0.0595 e. The summed E-state index contributed by atoms with van der Waals surface area (Å²) in [4.78, 5) is 0. The molecule has 0 amide bonds. The highest BCUT2D eigenvalue weighted by Crippen LogP contribution is 2.62. The van der Waals surface area contributed by atoms with Gasteiger partial charge in [0, 0.05) is 12.0 Å². The van der Waals surface area contributed by atoms with E-state index in [1.807, 2.05) is 19.1 Å². The Hall–Kier alpha value is -0.280. The maximum absolute atomic E-state index is 6.19. The summed E-state index contributed by atoms with van der Waals surface area (Å²) in [5.41, 5.74) is 1.43. The zero-order chi connectivity index (χ0) is 13.5. The van der Waals surface area contributed by atoms with Crippen LogP contribution in [0.5, 0.6) is 0 Å². The van der Waals surface area contributed by atoms with E-state index in [0.717, 1.165) is 32.2 Å². The lowest BCUT2D eigenvalue weighted by atomic mass is 9.92. The lowest BCUT2D eigenvalue weighted by molar-refractivity contribution is 0.117. The van der Waals surface area contributed by atoms with E-state index in [4.69, 9.17) is 27.9 Å². The molecule has 104 valence electrons. The van der Waals surface area contributed by atoms with E-state index < -0.39 is 0 Å². The fourth-order valence-electron chi connectivity index (χ4n) is 3.68. The predicted octanol–water partition coefficient (Wildman–Crippen LogP) is 3.51. The molecule has 2 fully saturated rings. The van der Waals surface area contributed by atoms with Crippen LogP contribution in [-0.4, -0.2) is 26.3 Å². The van der Waals surface area contributed by atoms with E-state index >= 15 is 0 Å². The number of rotatable bonds is 4.